The lowest BCUT2D eigenvalue weighted by molar-refractivity contribution is -0.160. The fraction of sp³-hybridized carbons (Fsp3) is 0.833. The Bertz CT molecular complexity index is 451. The van der Waals surface area contributed by atoms with Gasteiger partial charge in [0.15, 0.2) is 0 Å². The molecular weight excluding hydrogens is 208 g/mol. The van der Waals surface area contributed by atoms with E-state index in [9.17, 15) is 9.59 Å². The van der Waals surface area contributed by atoms with Gasteiger partial charge in [-0.3, -0.25) is 9.59 Å². The fourth-order valence-electron chi connectivity index (χ4n) is 0.973. The van der Waals surface area contributed by atoms with Gasteiger partial charge < -0.3 is 9.47 Å². The van der Waals surface area contributed by atoms with Gasteiger partial charge >= 0.3 is 11.9 Å². The van der Waals surface area contributed by atoms with Crippen LogP contribution in [-0.4, -0.2) is 24.6 Å². The van der Waals surface area contributed by atoms with E-state index in [2.05, 4.69) is 4.74 Å². The lowest BCUT2D eigenvalue weighted by Crippen LogP contribution is -2.27. The van der Waals surface area contributed by atoms with Gasteiger partial charge in [0.05, 0.1) is 19.4 Å². The highest BCUT2D eigenvalue weighted by Gasteiger charge is 2.25. The first-order valence-corrected chi connectivity index (χ1v) is 4.77. The molecule has 0 rings (SSSR count). The second-order valence-corrected chi connectivity index (χ2v) is 4.14. The highest BCUT2D eigenvalue weighted by Crippen LogP contribution is 2.16. The molecule has 0 spiro atoms. The molecule has 0 bridgehead atoms. The first kappa shape index (κ1) is 6.62. The van der Waals surface area contributed by atoms with Crippen LogP contribution < -0.4 is 0 Å². The number of esters is 2. The van der Waals surface area contributed by atoms with Crippen LogP contribution in [0.25, 0.3) is 0 Å². The van der Waals surface area contributed by atoms with E-state index in [4.69, 9.17) is 14.3 Å². The van der Waals surface area contributed by atoms with E-state index in [-0.39, 0.29) is 0 Å². The van der Waals surface area contributed by atoms with Crippen molar-refractivity contribution in [3.05, 3.63) is 0 Å². The molecule has 94 valence electrons. The minimum absolute atomic E-state index is 0.841. The average Bonchev–Trinajstić information content (AvgIpc) is 2.31. The summed E-state index contributed by atoms with van der Waals surface area (Å²) in [7, 11) is 0.936. The summed E-state index contributed by atoms with van der Waals surface area (Å²) in [5.41, 5.74) is -0.895. The Morgan fingerprint density at radius 2 is 2.06 bits per heavy atom. The van der Waals surface area contributed by atoms with E-state index in [0.717, 1.165) is 7.11 Å². The van der Waals surface area contributed by atoms with Crippen LogP contribution in [0, 0.1) is 5.92 Å². The van der Waals surface area contributed by atoms with Crippen LogP contribution >= 0.6 is 0 Å². The van der Waals surface area contributed by atoms with E-state index < -0.39 is 49.5 Å². The summed E-state index contributed by atoms with van der Waals surface area (Å²) in [6.45, 7) is 1.36. The van der Waals surface area contributed by atoms with E-state index in [0.29, 0.717) is 0 Å². The molecule has 0 fully saturated rings. The highest BCUT2D eigenvalue weighted by atomic mass is 16.6. The van der Waals surface area contributed by atoms with E-state index in [1.165, 1.54) is 0 Å². The Hall–Kier alpha value is -1.06. The first-order valence-electron chi connectivity index (χ1n) is 8.27. The average molecular weight is 237 g/mol. The maximum Gasteiger partial charge on any atom is 0.309 e. The van der Waals surface area contributed by atoms with Crippen molar-refractivity contribution < 1.29 is 28.7 Å². The Morgan fingerprint density at radius 1 is 1.44 bits per heavy atom. The summed E-state index contributed by atoms with van der Waals surface area (Å²) in [5.74, 6) is -4.15. The molecule has 0 aromatic heterocycles. The van der Waals surface area contributed by atoms with Gasteiger partial charge in [-0.1, -0.05) is 13.2 Å². The van der Waals surface area contributed by atoms with Crippen molar-refractivity contribution in [2.45, 2.75) is 52.4 Å². The molecule has 0 aromatic rings. The quantitative estimate of drug-likeness (QED) is 0.688. The topological polar surface area (TPSA) is 52.6 Å². The third kappa shape index (κ3) is 6.43. The summed E-state index contributed by atoms with van der Waals surface area (Å²) in [6.07, 6.45) is -7.39. The van der Waals surface area contributed by atoms with Crippen LogP contribution in [0.4, 0.5) is 0 Å². The Labute approximate surface area is 107 Å². The van der Waals surface area contributed by atoms with Crippen molar-refractivity contribution in [3.63, 3.8) is 0 Å². The SMILES string of the molecule is [2H]C([2H])([2H])C([2H])([2H])C([2H])([2H])C(CC(=O)OC(C)(C)C)C(=O)OC. The van der Waals surface area contributed by atoms with Gasteiger partial charge in [-0.15, -0.1) is 0 Å². The van der Waals surface area contributed by atoms with Gasteiger partial charge in [-0.2, -0.15) is 0 Å². The Kier molecular flexibility index (Phi) is 2.69. The summed E-state index contributed by atoms with van der Waals surface area (Å²) >= 11 is 0. The number of ether oxygens (including phenoxy) is 2. The van der Waals surface area contributed by atoms with Crippen molar-refractivity contribution in [1.29, 1.82) is 0 Å². The van der Waals surface area contributed by atoms with Crippen LogP contribution in [0.3, 0.4) is 0 Å². The number of methoxy groups -OCH3 is 1. The zero-order valence-electron chi connectivity index (χ0n) is 16.9. The maximum atomic E-state index is 11.9. The summed E-state index contributed by atoms with van der Waals surface area (Å²) in [5, 5.41) is 0. The van der Waals surface area contributed by atoms with Crippen LogP contribution in [0.5, 0.6) is 0 Å². The summed E-state index contributed by atoms with van der Waals surface area (Å²) < 4.78 is 61.6. The highest BCUT2D eigenvalue weighted by molar-refractivity contribution is 5.80. The molecule has 4 nitrogen and oxygen atoms in total. The van der Waals surface area contributed by atoms with E-state index >= 15 is 0 Å². The molecule has 4 heteroatoms. The molecule has 1 atom stereocenters. The summed E-state index contributed by atoms with van der Waals surface area (Å²) in [4.78, 5) is 23.7. The molecule has 1 unspecified atom stereocenters. The molecule has 0 radical (unpaired) electrons. The van der Waals surface area contributed by atoms with Gasteiger partial charge in [0.2, 0.25) is 0 Å². The van der Waals surface area contributed by atoms with E-state index in [1.54, 1.807) is 20.8 Å². The monoisotopic (exact) mass is 237 g/mol. The van der Waals surface area contributed by atoms with Crippen LogP contribution in [0.1, 0.15) is 56.4 Å². The Balaban J connectivity index is 5.65. The molecule has 0 aromatic carbocycles. The summed E-state index contributed by atoms with van der Waals surface area (Å²) in [6, 6.07) is 0. The van der Waals surface area contributed by atoms with Gasteiger partial charge in [0.1, 0.15) is 5.60 Å². The zero-order chi connectivity index (χ0) is 18.9. The number of hydrogen-bond donors (Lipinski definition) is 0. The minimum Gasteiger partial charge on any atom is -0.469 e. The molecule has 0 heterocycles. The third-order valence-corrected chi connectivity index (χ3v) is 1.52. The van der Waals surface area contributed by atoms with Crippen molar-refractivity contribution in [3.8, 4) is 0 Å². The molecule has 16 heavy (non-hydrogen) atoms. The predicted octanol–water partition coefficient (Wildman–Crippen LogP) is 2.31. The van der Waals surface area contributed by atoms with Crippen LogP contribution in [0.15, 0.2) is 0 Å². The third-order valence-electron chi connectivity index (χ3n) is 1.52. The Morgan fingerprint density at radius 3 is 2.50 bits per heavy atom. The van der Waals surface area contributed by atoms with Gasteiger partial charge in [-0.25, -0.2) is 0 Å². The number of hydrogen-bond acceptors (Lipinski definition) is 4. The lowest BCUT2D eigenvalue weighted by Gasteiger charge is -2.21. The van der Waals surface area contributed by atoms with E-state index in [1.807, 2.05) is 0 Å². The molecular formula is C12H22O4. The molecule has 0 saturated heterocycles. The van der Waals surface area contributed by atoms with Crippen molar-refractivity contribution >= 4 is 11.9 Å². The second kappa shape index (κ2) is 6.51. The fourth-order valence-corrected chi connectivity index (χ4v) is 0.973. The molecule has 0 saturated carbocycles. The number of carbonyl (C=O) groups excluding carboxylic acids is 2. The van der Waals surface area contributed by atoms with Crippen LogP contribution in [0.2, 0.25) is 0 Å². The van der Waals surface area contributed by atoms with Gasteiger partial charge in [0, 0.05) is 9.60 Å². The standard InChI is InChI=1S/C12H22O4/c1-6-7-9(11(14)15-5)8-10(13)16-12(2,3)4/h9H,6-8H2,1-5H3/i1D3,6D2,7D2. The van der Waals surface area contributed by atoms with Crippen molar-refractivity contribution in [2.75, 3.05) is 7.11 Å². The minimum atomic E-state index is -3.37. The smallest absolute Gasteiger partial charge is 0.309 e. The molecule has 0 aliphatic heterocycles. The molecule has 0 aliphatic carbocycles. The van der Waals surface area contributed by atoms with Crippen molar-refractivity contribution in [2.24, 2.45) is 5.92 Å². The van der Waals surface area contributed by atoms with Gasteiger partial charge in [0.25, 0.3) is 0 Å². The predicted molar refractivity (Wildman–Crippen MR) is 60.9 cm³/mol. The maximum absolute atomic E-state index is 11.9. The number of rotatable bonds is 5. The molecule has 0 N–H and O–H groups in total. The normalized spacial score (nSPS) is 22.1. The van der Waals surface area contributed by atoms with Crippen LogP contribution in [-0.2, 0) is 19.1 Å². The second-order valence-electron chi connectivity index (χ2n) is 4.14. The zero-order valence-corrected chi connectivity index (χ0v) is 9.92. The molecule has 0 amide bonds. The van der Waals surface area contributed by atoms with Crippen molar-refractivity contribution in [1.82, 2.24) is 0 Å². The molecule has 0 aliphatic rings. The number of carbonyl (C=O) groups is 2. The first-order chi connectivity index (χ1) is 9.97. The lowest BCUT2D eigenvalue weighted by atomic mass is 10.00. The van der Waals surface area contributed by atoms with Gasteiger partial charge in [-0.05, 0) is 27.1 Å². The largest absolute Gasteiger partial charge is 0.469 e.